The third-order valence-corrected chi connectivity index (χ3v) is 3.85. The molecule has 0 unspecified atom stereocenters. The summed E-state index contributed by atoms with van der Waals surface area (Å²) in [6, 6.07) is 19.2. The van der Waals surface area contributed by atoms with E-state index in [0.29, 0.717) is 30.6 Å². The Bertz CT molecular complexity index is 931. The zero-order valence-corrected chi connectivity index (χ0v) is 15.9. The van der Waals surface area contributed by atoms with Gasteiger partial charge in [-0.15, -0.1) is 0 Å². The highest BCUT2D eigenvalue weighted by molar-refractivity contribution is 5.89. The molecule has 0 fully saturated rings. The molecule has 0 bridgehead atoms. The van der Waals surface area contributed by atoms with Gasteiger partial charge in [0.05, 0.1) is 12.3 Å². The van der Waals surface area contributed by atoms with Crippen molar-refractivity contribution in [3.8, 4) is 11.3 Å². The number of anilines is 4. The normalized spacial score (nSPS) is 10.4. The Hall–Kier alpha value is -3.45. The lowest BCUT2D eigenvalue weighted by molar-refractivity contribution is -0.114. The molecule has 0 aliphatic rings. The monoisotopic (exact) mass is 377 g/mol. The molecule has 0 aliphatic carbocycles. The van der Waals surface area contributed by atoms with Gasteiger partial charge in [-0.1, -0.05) is 36.4 Å². The predicted octanol–water partition coefficient (Wildman–Crippen LogP) is 3.90. The number of methoxy groups -OCH3 is 1. The van der Waals surface area contributed by atoms with Crippen LogP contribution in [-0.2, 0) is 9.53 Å². The number of rotatable bonds is 8. The molecule has 1 heterocycles. The molecule has 7 heteroatoms. The summed E-state index contributed by atoms with van der Waals surface area (Å²) in [6.07, 6.45) is 0. The average Bonchev–Trinajstić information content (AvgIpc) is 2.68. The van der Waals surface area contributed by atoms with Crippen molar-refractivity contribution in [1.29, 1.82) is 0 Å². The van der Waals surface area contributed by atoms with Crippen molar-refractivity contribution in [2.75, 3.05) is 36.2 Å². The van der Waals surface area contributed by atoms with Crippen LogP contribution in [0.3, 0.4) is 0 Å². The topological polar surface area (TPSA) is 88.2 Å². The van der Waals surface area contributed by atoms with Crippen molar-refractivity contribution in [3.63, 3.8) is 0 Å². The number of nitrogens with zero attached hydrogens (tertiary/aromatic N) is 2. The van der Waals surface area contributed by atoms with Crippen LogP contribution in [0.5, 0.6) is 0 Å². The van der Waals surface area contributed by atoms with Gasteiger partial charge in [-0.3, -0.25) is 4.79 Å². The van der Waals surface area contributed by atoms with Gasteiger partial charge < -0.3 is 20.7 Å². The maximum absolute atomic E-state index is 11.3. The van der Waals surface area contributed by atoms with Crippen LogP contribution >= 0.6 is 0 Å². The fourth-order valence-corrected chi connectivity index (χ4v) is 2.64. The van der Waals surface area contributed by atoms with E-state index in [0.717, 1.165) is 16.9 Å². The fraction of sp³-hybridized carbons (Fsp3) is 0.190. The number of carbonyl (C=O) groups is 1. The van der Waals surface area contributed by atoms with E-state index in [2.05, 4.69) is 25.9 Å². The quantitative estimate of drug-likeness (QED) is 0.516. The predicted molar refractivity (Wildman–Crippen MR) is 112 cm³/mol. The molecule has 3 aromatic rings. The van der Waals surface area contributed by atoms with Crippen molar-refractivity contribution >= 4 is 29.0 Å². The maximum atomic E-state index is 11.3. The van der Waals surface area contributed by atoms with Gasteiger partial charge in [0.25, 0.3) is 0 Å². The van der Waals surface area contributed by atoms with E-state index >= 15 is 0 Å². The van der Waals surface area contributed by atoms with Crippen LogP contribution in [0.4, 0.5) is 23.1 Å². The molecule has 0 spiro atoms. The molecule has 0 saturated carbocycles. The minimum Gasteiger partial charge on any atom is -0.383 e. The molecule has 0 radical (unpaired) electrons. The Morgan fingerprint density at radius 1 is 1.00 bits per heavy atom. The summed E-state index contributed by atoms with van der Waals surface area (Å²) < 4.78 is 5.09. The Balaban J connectivity index is 1.88. The highest BCUT2D eigenvalue weighted by atomic mass is 16.5. The lowest BCUT2D eigenvalue weighted by atomic mass is 10.1. The molecular weight excluding hydrogens is 354 g/mol. The van der Waals surface area contributed by atoms with Crippen molar-refractivity contribution < 1.29 is 9.53 Å². The zero-order chi connectivity index (χ0) is 19.8. The van der Waals surface area contributed by atoms with E-state index < -0.39 is 0 Å². The molecule has 0 aliphatic heterocycles. The standard InChI is InChI=1S/C21H23N5O2/c1-15(27)23-17-9-6-10-18(13-17)24-21-25-19(16-7-4-3-5-8-16)14-20(26-21)22-11-12-28-2/h3-10,13-14H,11-12H2,1-2H3,(H,23,27)(H2,22,24,25,26). The second kappa shape index (κ2) is 9.48. The van der Waals surface area contributed by atoms with Gasteiger partial charge in [0, 0.05) is 43.6 Å². The smallest absolute Gasteiger partial charge is 0.229 e. The summed E-state index contributed by atoms with van der Waals surface area (Å²) in [5, 5.41) is 9.23. The molecule has 3 N–H and O–H groups in total. The van der Waals surface area contributed by atoms with E-state index in [4.69, 9.17) is 4.74 Å². The van der Waals surface area contributed by atoms with Gasteiger partial charge in [-0.25, -0.2) is 4.98 Å². The van der Waals surface area contributed by atoms with E-state index in [1.54, 1.807) is 7.11 Å². The number of ether oxygens (including phenoxy) is 1. The first-order valence-electron chi connectivity index (χ1n) is 8.96. The molecule has 2 aromatic carbocycles. The van der Waals surface area contributed by atoms with Crippen molar-refractivity contribution in [3.05, 3.63) is 60.7 Å². The zero-order valence-electron chi connectivity index (χ0n) is 15.9. The van der Waals surface area contributed by atoms with Crippen LogP contribution in [0.15, 0.2) is 60.7 Å². The minimum absolute atomic E-state index is 0.121. The van der Waals surface area contributed by atoms with Gasteiger partial charge in [0.15, 0.2) is 0 Å². The first-order chi connectivity index (χ1) is 13.6. The van der Waals surface area contributed by atoms with Crippen LogP contribution < -0.4 is 16.0 Å². The highest BCUT2D eigenvalue weighted by Gasteiger charge is 2.08. The second-order valence-corrected chi connectivity index (χ2v) is 6.13. The first kappa shape index (κ1) is 19.3. The van der Waals surface area contributed by atoms with E-state index in [1.807, 2.05) is 60.7 Å². The SMILES string of the molecule is COCCNc1cc(-c2ccccc2)nc(Nc2cccc(NC(C)=O)c2)n1. The van der Waals surface area contributed by atoms with E-state index in [1.165, 1.54) is 6.92 Å². The number of carbonyl (C=O) groups excluding carboxylic acids is 1. The number of amides is 1. The third-order valence-electron chi connectivity index (χ3n) is 3.85. The van der Waals surface area contributed by atoms with Crippen molar-refractivity contribution in [2.24, 2.45) is 0 Å². The number of aromatic nitrogens is 2. The molecule has 7 nitrogen and oxygen atoms in total. The summed E-state index contributed by atoms with van der Waals surface area (Å²) in [6.45, 7) is 2.69. The average molecular weight is 377 g/mol. The number of hydrogen-bond acceptors (Lipinski definition) is 6. The lowest BCUT2D eigenvalue weighted by Crippen LogP contribution is -2.10. The summed E-state index contributed by atoms with van der Waals surface area (Å²) in [7, 11) is 1.66. The van der Waals surface area contributed by atoms with E-state index in [-0.39, 0.29) is 5.91 Å². The lowest BCUT2D eigenvalue weighted by Gasteiger charge is -2.12. The fourth-order valence-electron chi connectivity index (χ4n) is 2.64. The Labute approximate surface area is 164 Å². The largest absolute Gasteiger partial charge is 0.383 e. The molecule has 28 heavy (non-hydrogen) atoms. The Morgan fingerprint density at radius 3 is 2.54 bits per heavy atom. The van der Waals surface area contributed by atoms with Crippen molar-refractivity contribution in [2.45, 2.75) is 6.92 Å². The van der Waals surface area contributed by atoms with Gasteiger partial charge >= 0.3 is 0 Å². The summed E-state index contributed by atoms with van der Waals surface area (Å²) in [4.78, 5) is 20.5. The number of nitrogens with one attached hydrogen (secondary N) is 3. The highest BCUT2D eigenvalue weighted by Crippen LogP contribution is 2.24. The summed E-state index contributed by atoms with van der Waals surface area (Å²) >= 11 is 0. The first-order valence-corrected chi connectivity index (χ1v) is 8.96. The summed E-state index contributed by atoms with van der Waals surface area (Å²) in [5.74, 6) is 1.04. The number of benzene rings is 2. The van der Waals surface area contributed by atoms with Gasteiger partial charge in [-0.2, -0.15) is 4.98 Å². The van der Waals surface area contributed by atoms with Crippen molar-refractivity contribution in [1.82, 2.24) is 9.97 Å². The van der Waals surface area contributed by atoms with E-state index in [9.17, 15) is 4.79 Å². The minimum atomic E-state index is -0.121. The van der Waals surface area contributed by atoms with Gasteiger partial charge in [0.2, 0.25) is 11.9 Å². The maximum Gasteiger partial charge on any atom is 0.229 e. The Morgan fingerprint density at radius 2 is 1.79 bits per heavy atom. The molecule has 1 amide bonds. The van der Waals surface area contributed by atoms with Crippen LogP contribution in [0, 0.1) is 0 Å². The van der Waals surface area contributed by atoms with Gasteiger partial charge in [-0.05, 0) is 18.2 Å². The van der Waals surface area contributed by atoms with Crippen LogP contribution in [0.2, 0.25) is 0 Å². The molecule has 0 atom stereocenters. The Kier molecular flexibility index (Phi) is 6.54. The number of hydrogen-bond donors (Lipinski definition) is 3. The molecule has 3 rings (SSSR count). The molecule has 144 valence electrons. The van der Waals surface area contributed by atoms with Crippen LogP contribution in [0.25, 0.3) is 11.3 Å². The van der Waals surface area contributed by atoms with Gasteiger partial charge in [0.1, 0.15) is 5.82 Å². The molecule has 1 aromatic heterocycles. The third kappa shape index (κ3) is 5.52. The molecular formula is C21H23N5O2. The van der Waals surface area contributed by atoms with Crippen LogP contribution in [0.1, 0.15) is 6.92 Å². The van der Waals surface area contributed by atoms with Crippen LogP contribution in [-0.4, -0.2) is 36.1 Å². The summed E-state index contributed by atoms with van der Waals surface area (Å²) in [5.41, 5.74) is 3.28. The molecule has 0 saturated heterocycles. The second-order valence-electron chi connectivity index (χ2n) is 6.13.